The molecule has 0 atom stereocenters. The Kier molecular flexibility index (Phi) is 6.12. The lowest BCUT2D eigenvalue weighted by molar-refractivity contribution is 0.0545. The molecule has 0 fully saturated rings. The molecule has 0 aliphatic rings. The van der Waals surface area contributed by atoms with Crippen molar-refractivity contribution in [2.75, 3.05) is 13.7 Å². The number of halogens is 3. The van der Waals surface area contributed by atoms with E-state index in [2.05, 4.69) is 35.6 Å². The first-order valence-corrected chi connectivity index (χ1v) is 12.4. The molecule has 0 aliphatic carbocycles. The molecule has 0 saturated carbocycles. The van der Waals surface area contributed by atoms with Gasteiger partial charge in [0, 0.05) is 20.1 Å². The van der Waals surface area contributed by atoms with E-state index in [4.69, 9.17) is 21.1 Å². The number of carbonyl (C=O) groups excluding carboxylic acids is 1. The number of methoxy groups -OCH3 is 1. The molecule has 8 heteroatoms. The fourth-order valence-electron chi connectivity index (χ4n) is 2.28. The fourth-order valence-corrected chi connectivity index (χ4v) is 3.83. The van der Waals surface area contributed by atoms with Crippen molar-refractivity contribution < 1.29 is 18.7 Å². The second kappa shape index (κ2) is 7.55. The largest absolute Gasteiger partial charge is 0.464 e. The number of carbonyl (C=O) groups is 1. The third-order valence-corrected chi connectivity index (χ3v) is 6.23. The third-order valence-electron chi connectivity index (χ3n) is 3.64. The number of ether oxygens (including phenoxy) is 2. The van der Waals surface area contributed by atoms with Gasteiger partial charge in [-0.3, -0.25) is 0 Å². The molecule has 1 heterocycles. The number of hydrogen-bond donors (Lipinski definition) is 0. The lowest BCUT2D eigenvalue weighted by Crippen LogP contribution is -2.22. The molecule has 0 N–H and O–H groups in total. The number of esters is 1. The van der Waals surface area contributed by atoms with E-state index in [0.717, 1.165) is 6.04 Å². The number of nitrogens with zero attached hydrogens (tertiary/aromatic N) is 1. The molecule has 0 bridgehead atoms. The van der Waals surface area contributed by atoms with Crippen LogP contribution in [0.2, 0.25) is 30.7 Å². The van der Waals surface area contributed by atoms with Crippen LogP contribution < -0.4 is 0 Å². The third kappa shape index (κ3) is 4.19. The summed E-state index contributed by atoms with van der Waals surface area (Å²) in [5, 5.41) is 0.802. The Morgan fingerprint density at radius 3 is 2.62 bits per heavy atom. The quantitative estimate of drug-likeness (QED) is 0.267. The van der Waals surface area contributed by atoms with Gasteiger partial charge in [-0.15, -0.1) is 0 Å². The van der Waals surface area contributed by atoms with Crippen LogP contribution in [0.15, 0.2) is 16.6 Å². The molecule has 0 saturated heterocycles. The highest BCUT2D eigenvalue weighted by atomic mass is 79.9. The molecule has 0 amide bonds. The molecule has 0 radical (unpaired) electrons. The minimum Gasteiger partial charge on any atom is -0.464 e. The van der Waals surface area contributed by atoms with Gasteiger partial charge in [-0.2, -0.15) is 0 Å². The highest BCUT2D eigenvalue weighted by Crippen LogP contribution is 2.34. The Morgan fingerprint density at radius 2 is 2.04 bits per heavy atom. The summed E-state index contributed by atoms with van der Waals surface area (Å²) >= 11 is 9.34. The second-order valence-corrected chi connectivity index (χ2v) is 13.6. The molecule has 0 spiro atoms. The average molecular weight is 437 g/mol. The Bertz CT molecular complexity index is 773. The summed E-state index contributed by atoms with van der Waals surface area (Å²) < 4.78 is 26.8. The summed E-state index contributed by atoms with van der Waals surface area (Å²) in [6, 6.07) is 3.98. The van der Waals surface area contributed by atoms with Crippen molar-refractivity contribution in [2.24, 2.45) is 0 Å². The minimum atomic E-state index is -1.23. The molecular weight excluding hydrogens is 417 g/mol. The monoisotopic (exact) mass is 435 g/mol. The van der Waals surface area contributed by atoms with E-state index in [1.165, 1.54) is 23.8 Å². The summed E-state index contributed by atoms with van der Waals surface area (Å²) in [7, 11) is 0.0494. The normalized spacial score (nSPS) is 12.0. The van der Waals surface area contributed by atoms with E-state index >= 15 is 0 Å². The Balaban J connectivity index is 2.43. The number of rotatable bonds is 6. The Labute approximate surface area is 155 Å². The van der Waals surface area contributed by atoms with Crippen LogP contribution in [0.4, 0.5) is 4.39 Å². The Morgan fingerprint density at radius 1 is 1.38 bits per heavy atom. The van der Waals surface area contributed by atoms with Gasteiger partial charge in [0.2, 0.25) is 0 Å². The van der Waals surface area contributed by atoms with Crippen LogP contribution in [0.3, 0.4) is 0 Å². The van der Waals surface area contributed by atoms with Crippen LogP contribution in [-0.4, -0.2) is 32.3 Å². The number of aromatic nitrogens is 1. The molecule has 1 aromatic heterocycles. The smallest absolute Gasteiger partial charge is 0.354 e. The number of hydrogen-bond acceptors (Lipinski definition) is 3. The zero-order valence-electron chi connectivity index (χ0n) is 14.1. The summed E-state index contributed by atoms with van der Waals surface area (Å²) in [5.74, 6) is -1.05. The maximum atomic E-state index is 14.6. The summed E-state index contributed by atoms with van der Waals surface area (Å²) in [6.45, 7) is 7.36. The molecule has 0 unspecified atom stereocenters. The van der Waals surface area contributed by atoms with Gasteiger partial charge in [-0.1, -0.05) is 31.2 Å². The first-order valence-electron chi connectivity index (χ1n) is 7.48. The maximum absolute atomic E-state index is 14.6. The zero-order valence-corrected chi connectivity index (χ0v) is 17.4. The highest BCUT2D eigenvalue weighted by molar-refractivity contribution is 9.10. The van der Waals surface area contributed by atoms with Crippen molar-refractivity contribution >= 4 is 52.5 Å². The maximum Gasteiger partial charge on any atom is 0.354 e. The van der Waals surface area contributed by atoms with Crippen molar-refractivity contribution in [3.63, 3.8) is 0 Å². The first kappa shape index (κ1) is 19.4. The molecule has 132 valence electrons. The summed E-state index contributed by atoms with van der Waals surface area (Å²) in [5.41, 5.74) is 0.433. The van der Waals surface area contributed by atoms with E-state index in [-0.39, 0.29) is 22.4 Å². The lowest BCUT2D eigenvalue weighted by atomic mass is 10.2. The van der Waals surface area contributed by atoms with Gasteiger partial charge in [-0.25, -0.2) is 9.18 Å². The Hall–Kier alpha value is -0.893. The SMILES string of the molecule is COC(=O)c1cc2c(Cl)cc(Br)c(F)c2n1COCC[Si](C)(C)C. The first-order chi connectivity index (χ1) is 11.2. The van der Waals surface area contributed by atoms with E-state index in [1.807, 2.05) is 0 Å². The second-order valence-electron chi connectivity index (χ2n) is 6.71. The van der Waals surface area contributed by atoms with Gasteiger partial charge < -0.3 is 14.0 Å². The van der Waals surface area contributed by atoms with E-state index in [1.54, 1.807) is 0 Å². The van der Waals surface area contributed by atoms with Gasteiger partial charge in [0.1, 0.15) is 12.4 Å². The van der Waals surface area contributed by atoms with Crippen molar-refractivity contribution in [2.45, 2.75) is 32.4 Å². The van der Waals surface area contributed by atoms with Crippen molar-refractivity contribution in [3.8, 4) is 0 Å². The van der Waals surface area contributed by atoms with E-state index < -0.39 is 19.9 Å². The van der Waals surface area contributed by atoms with E-state index in [0.29, 0.717) is 17.0 Å². The molecule has 4 nitrogen and oxygen atoms in total. The van der Waals surface area contributed by atoms with Gasteiger partial charge >= 0.3 is 5.97 Å². The predicted molar refractivity (Wildman–Crippen MR) is 100 cm³/mol. The van der Waals surface area contributed by atoms with Crippen LogP contribution in [0.5, 0.6) is 0 Å². The standard InChI is InChI=1S/C16H20BrClFNO3Si/c1-22-16(21)13-7-10-12(18)8-11(17)14(19)15(10)20(13)9-23-5-6-24(2,3)4/h7-8H,5-6,9H2,1-4H3. The lowest BCUT2D eigenvalue weighted by Gasteiger charge is -2.16. The van der Waals surface area contributed by atoms with Gasteiger partial charge in [0.25, 0.3) is 0 Å². The van der Waals surface area contributed by atoms with Gasteiger partial charge in [-0.05, 0) is 34.1 Å². The molecule has 2 rings (SSSR count). The van der Waals surface area contributed by atoms with Crippen molar-refractivity contribution in [3.05, 3.63) is 33.1 Å². The van der Waals surface area contributed by atoms with Gasteiger partial charge in [0.15, 0.2) is 5.82 Å². The van der Waals surface area contributed by atoms with Crippen LogP contribution in [0.1, 0.15) is 10.5 Å². The average Bonchev–Trinajstić information content (AvgIpc) is 2.87. The van der Waals surface area contributed by atoms with Crippen molar-refractivity contribution in [1.29, 1.82) is 0 Å². The highest BCUT2D eigenvalue weighted by Gasteiger charge is 2.22. The molecule has 2 aromatic rings. The van der Waals surface area contributed by atoms with Crippen LogP contribution in [0.25, 0.3) is 10.9 Å². The van der Waals surface area contributed by atoms with Crippen LogP contribution >= 0.6 is 27.5 Å². The predicted octanol–water partition coefficient (Wildman–Crippen LogP) is 5.30. The van der Waals surface area contributed by atoms with E-state index in [9.17, 15) is 9.18 Å². The number of fused-ring (bicyclic) bond motifs is 1. The van der Waals surface area contributed by atoms with Crippen LogP contribution in [0, 0.1) is 5.82 Å². The number of benzene rings is 1. The summed E-state index contributed by atoms with van der Waals surface area (Å²) in [4.78, 5) is 12.0. The molecule has 0 aliphatic heterocycles. The molecule has 1 aromatic carbocycles. The summed E-state index contributed by atoms with van der Waals surface area (Å²) in [6.07, 6.45) is 0. The van der Waals surface area contributed by atoms with Crippen LogP contribution in [-0.2, 0) is 16.2 Å². The minimum absolute atomic E-state index is 0.0577. The molecule has 24 heavy (non-hydrogen) atoms. The fraction of sp³-hybridized carbons (Fsp3) is 0.438. The molecular formula is C16H20BrClFNO3Si. The van der Waals surface area contributed by atoms with Crippen molar-refractivity contribution in [1.82, 2.24) is 4.57 Å². The zero-order chi connectivity index (χ0) is 18.1. The van der Waals surface area contributed by atoms with Gasteiger partial charge in [0.05, 0.1) is 22.1 Å². The topological polar surface area (TPSA) is 40.5 Å².